The Balaban J connectivity index is 2.06. The van der Waals surface area contributed by atoms with Crippen molar-refractivity contribution in [2.75, 3.05) is 14.2 Å². The number of nitrogens with zero attached hydrogens (tertiary/aromatic N) is 3. The second kappa shape index (κ2) is 7.64. The van der Waals surface area contributed by atoms with Gasteiger partial charge in [-0.25, -0.2) is 19.3 Å². The van der Waals surface area contributed by atoms with Crippen LogP contribution >= 0.6 is 15.9 Å². The average molecular weight is 470 g/mol. The van der Waals surface area contributed by atoms with Crippen molar-refractivity contribution >= 4 is 33.0 Å². The molecule has 30 heavy (non-hydrogen) atoms. The number of carbonyl (C=O) groups excluding carboxylic acids is 1. The fraction of sp³-hybridized carbons (Fsp3) is 0.100. The number of halogens is 1. The Bertz CT molecular complexity index is 1350. The third kappa shape index (κ3) is 3.30. The molecule has 0 bridgehead atoms. The van der Waals surface area contributed by atoms with Crippen molar-refractivity contribution in [1.29, 1.82) is 0 Å². The molecule has 0 aliphatic heterocycles. The minimum absolute atomic E-state index is 0.0849. The molecule has 0 aliphatic rings. The Morgan fingerprint density at radius 2 is 1.93 bits per heavy atom. The molecular weight excluding hydrogens is 454 g/mol. The maximum atomic E-state index is 12.8. The highest BCUT2D eigenvalue weighted by Crippen LogP contribution is 2.30. The van der Waals surface area contributed by atoms with Gasteiger partial charge in [-0.3, -0.25) is 4.79 Å². The van der Waals surface area contributed by atoms with E-state index >= 15 is 0 Å². The third-order valence-electron chi connectivity index (χ3n) is 4.48. The zero-order valence-corrected chi connectivity index (χ0v) is 17.6. The molecule has 152 valence electrons. The molecule has 9 nitrogen and oxygen atoms in total. The molecule has 0 fully saturated rings. The van der Waals surface area contributed by atoms with Crippen LogP contribution < -0.4 is 20.9 Å². The molecule has 4 rings (SSSR count). The van der Waals surface area contributed by atoms with E-state index in [9.17, 15) is 9.59 Å². The Labute approximate surface area is 178 Å². The molecule has 10 heteroatoms. The van der Waals surface area contributed by atoms with E-state index in [0.29, 0.717) is 22.7 Å². The van der Waals surface area contributed by atoms with Crippen molar-refractivity contribution in [3.8, 4) is 28.6 Å². The number of H-pyrrole nitrogens is 1. The second-order valence-corrected chi connectivity index (χ2v) is 7.19. The van der Waals surface area contributed by atoms with Crippen LogP contribution in [0.4, 0.5) is 0 Å². The normalized spacial score (nSPS) is 10.9. The maximum absolute atomic E-state index is 12.8. The van der Waals surface area contributed by atoms with E-state index in [1.807, 2.05) is 12.1 Å². The quantitative estimate of drug-likeness (QED) is 0.462. The number of nitrogens with one attached hydrogen (secondary N) is 1. The monoisotopic (exact) mass is 469 g/mol. The van der Waals surface area contributed by atoms with Crippen LogP contribution in [-0.4, -0.2) is 39.6 Å². The first-order chi connectivity index (χ1) is 14.4. The topological polar surface area (TPSA) is 125 Å². The zero-order chi connectivity index (χ0) is 21.4. The van der Waals surface area contributed by atoms with E-state index in [1.54, 1.807) is 30.3 Å². The van der Waals surface area contributed by atoms with Crippen molar-refractivity contribution in [3.63, 3.8) is 0 Å². The molecular formula is C20H16BrN5O4. The largest absolute Gasteiger partial charge is 0.497 e. The van der Waals surface area contributed by atoms with Gasteiger partial charge < -0.3 is 20.2 Å². The molecule has 2 aromatic heterocycles. The van der Waals surface area contributed by atoms with Gasteiger partial charge in [0.25, 0.3) is 5.91 Å². The number of aromatic amines is 1. The second-order valence-electron chi connectivity index (χ2n) is 6.27. The molecule has 3 N–H and O–H groups in total. The fourth-order valence-corrected chi connectivity index (χ4v) is 3.51. The van der Waals surface area contributed by atoms with Gasteiger partial charge in [0.05, 0.1) is 19.9 Å². The molecule has 2 aromatic carbocycles. The Morgan fingerprint density at radius 3 is 2.60 bits per heavy atom. The highest BCUT2D eigenvalue weighted by Gasteiger charge is 2.22. The summed E-state index contributed by atoms with van der Waals surface area (Å²) in [4.78, 5) is 36.4. The summed E-state index contributed by atoms with van der Waals surface area (Å²) in [6.45, 7) is 0. The lowest BCUT2D eigenvalue weighted by atomic mass is 10.2. The molecule has 0 saturated carbocycles. The van der Waals surface area contributed by atoms with Gasteiger partial charge >= 0.3 is 5.69 Å². The number of aromatic nitrogens is 4. The number of benzene rings is 2. The van der Waals surface area contributed by atoms with E-state index in [1.165, 1.54) is 18.8 Å². The summed E-state index contributed by atoms with van der Waals surface area (Å²) in [5, 5.41) is 0. The Morgan fingerprint density at radius 1 is 1.13 bits per heavy atom. The van der Waals surface area contributed by atoms with Crippen LogP contribution in [-0.2, 0) is 0 Å². The molecule has 2 heterocycles. The lowest BCUT2D eigenvalue weighted by molar-refractivity contribution is 0.0997. The molecule has 0 radical (unpaired) electrons. The lowest BCUT2D eigenvalue weighted by Gasteiger charge is -2.11. The van der Waals surface area contributed by atoms with E-state index < -0.39 is 11.6 Å². The number of nitrogens with two attached hydrogens (primary N) is 1. The van der Waals surface area contributed by atoms with Crippen LogP contribution in [0, 0.1) is 0 Å². The number of rotatable bonds is 5. The summed E-state index contributed by atoms with van der Waals surface area (Å²) >= 11 is 3.41. The first kappa shape index (κ1) is 19.6. The van der Waals surface area contributed by atoms with E-state index in [4.69, 9.17) is 15.2 Å². The summed E-state index contributed by atoms with van der Waals surface area (Å²) in [5.74, 6) is 0.415. The molecule has 0 atom stereocenters. The minimum atomic E-state index is -0.784. The number of imidazole rings is 1. The van der Waals surface area contributed by atoms with Gasteiger partial charge in [0.15, 0.2) is 17.2 Å². The number of hydrogen-bond acceptors (Lipinski definition) is 6. The number of amides is 1. The van der Waals surface area contributed by atoms with Gasteiger partial charge in [0.2, 0.25) is 0 Å². The number of ether oxygens (including phenoxy) is 2. The van der Waals surface area contributed by atoms with Crippen molar-refractivity contribution < 1.29 is 14.3 Å². The maximum Gasteiger partial charge on any atom is 0.332 e. The molecule has 0 spiro atoms. The molecule has 0 unspecified atom stereocenters. The van der Waals surface area contributed by atoms with Gasteiger partial charge in [-0.1, -0.05) is 28.1 Å². The highest BCUT2D eigenvalue weighted by molar-refractivity contribution is 9.10. The minimum Gasteiger partial charge on any atom is -0.497 e. The van der Waals surface area contributed by atoms with Crippen molar-refractivity contribution in [1.82, 2.24) is 19.5 Å². The molecule has 0 saturated heterocycles. The Hall–Kier alpha value is -3.66. The number of methoxy groups -OCH3 is 2. The SMILES string of the molecule is COc1ccc(-n2c(=O)[nH]c3c(C(N)=O)nc(-c4cccc(Br)c4)nc32)c(OC)c1. The summed E-state index contributed by atoms with van der Waals surface area (Å²) < 4.78 is 12.8. The number of fused-ring (bicyclic) bond motifs is 1. The van der Waals surface area contributed by atoms with Gasteiger partial charge in [0, 0.05) is 16.1 Å². The van der Waals surface area contributed by atoms with Crippen LogP contribution in [0.2, 0.25) is 0 Å². The molecule has 4 aromatic rings. The number of primary amides is 1. The van der Waals surface area contributed by atoms with E-state index in [2.05, 4.69) is 30.9 Å². The van der Waals surface area contributed by atoms with Crippen LogP contribution in [0.25, 0.3) is 28.2 Å². The number of carbonyl (C=O) groups is 1. The van der Waals surface area contributed by atoms with Gasteiger partial charge in [-0.2, -0.15) is 0 Å². The van der Waals surface area contributed by atoms with Crippen molar-refractivity contribution in [2.45, 2.75) is 0 Å². The van der Waals surface area contributed by atoms with Crippen LogP contribution in [0.5, 0.6) is 11.5 Å². The highest BCUT2D eigenvalue weighted by atomic mass is 79.9. The van der Waals surface area contributed by atoms with Crippen molar-refractivity contribution in [3.05, 3.63) is 63.1 Å². The first-order valence-electron chi connectivity index (χ1n) is 8.74. The predicted octanol–water partition coefficient (Wildman–Crippen LogP) is 2.65. The zero-order valence-electron chi connectivity index (χ0n) is 16.0. The van der Waals surface area contributed by atoms with Crippen molar-refractivity contribution in [2.24, 2.45) is 5.73 Å². The summed E-state index contributed by atoms with van der Waals surface area (Å²) in [6, 6.07) is 12.3. The lowest BCUT2D eigenvalue weighted by Crippen LogP contribution is -2.16. The van der Waals surface area contributed by atoms with Crippen LogP contribution in [0.3, 0.4) is 0 Å². The summed E-state index contributed by atoms with van der Waals surface area (Å²) in [7, 11) is 3.01. The van der Waals surface area contributed by atoms with Gasteiger partial charge in [0.1, 0.15) is 17.0 Å². The molecule has 0 aliphatic carbocycles. The smallest absolute Gasteiger partial charge is 0.332 e. The fourth-order valence-electron chi connectivity index (χ4n) is 3.11. The predicted molar refractivity (Wildman–Crippen MR) is 114 cm³/mol. The first-order valence-corrected chi connectivity index (χ1v) is 9.53. The summed E-state index contributed by atoms with van der Waals surface area (Å²) in [5.41, 5.74) is 6.34. The van der Waals surface area contributed by atoms with Gasteiger partial charge in [-0.05, 0) is 24.3 Å². The molecule has 1 amide bonds. The standard InChI is InChI=1S/C20H16BrN5O4/c1-29-12-6-7-13(14(9-12)30-2)26-19-16(24-20(26)28)15(17(22)27)23-18(25-19)10-4-3-5-11(21)8-10/h3-9H,1-2H3,(H2,22,27)(H,24,28). The van der Waals surface area contributed by atoms with Crippen LogP contribution in [0.1, 0.15) is 10.5 Å². The van der Waals surface area contributed by atoms with E-state index in [-0.39, 0.29) is 22.7 Å². The van der Waals surface area contributed by atoms with Gasteiger partial charge in [-0.15, -0.1) is 0 Å². The van der Waals surface area contributed by atoms with E-state index in [0.717, 1.165) is 4.47 Å². The Kier molecular flexibility index (Phi) is 5.00. The number of hydrogen-bond donors (Lipinski definition) is 2. The average Bonchev–Trinajstić information content (AvgIpc) is 3.07. The van der Waals surface area contributed by atoms with Crippen LogP contribution in [0.15, 0.2) is 51.7 Å². The third-order valence-corrected chi connectivity index (χ3v) is 4.97. The summed E-state index contributed by atoms with van der Waals surface area (Å²) in [6.07, 6.45) is 0.